The predicted molar refractivity (Wildman–Crippen MR) is 109 cm³/mol. The molecule has 0 bridgehead atoms. The minimum atomic E-state index is -0.943. The smallest absolute Gasteiger partial charge is 0.335 e. The highest BCUT2D eigenvalue weighted by Crippen LogP contribution is 2.27. The number of nitrogens with zero attached hydrogens (tertiary/aromatic N) is 1. The second-order valence-corrected chi connectivity index (χ2v) is 5.99. The van der Waals surface area contributed by atoms with Crippen LogP contribution in [0.3, 0.4) is 0 Å². The molecule has 0 aliphatic rings. The molecular formula is C23H21NO4. The zero-order valence-corrected chi connectivity index (χ0v) is 15.5. The van der Waals surface area contributed by atoms with Crippen LogP contribution in [0.25, 0.3) is 0 Å². The fraction of sp³-hybridized carbons (Fsp3) is 0.130. The highest BCUT2D eigenvalue weighted by Gasteiger charge is 2.05. The van der Waals surface area contributed by atoms with E-state index in [2.05, 4.69) is 4.99 Å². The lowest BCUT2D eigenvalue weighted by atomic mass is 10.1. The van der Waals surface area contributed by atoms with Crippen molar-refractivity contribution in [3.05, 3.63) is 89.5 Å². The summed E-state index contributed by atoms with van der Waals surface area (Å²) in [7, 11) is 0. The van der Waals surface area contributed by atoms with Crippen molar-refractivity contribution in [1.82, 2.24) is 0 Å². The second kappa shape index (κ2) is 9.37. The highest BCUT2D eigenvalue weighted by molar-refractivity contribution is 5.87. The number of rotatable bonds is 8. The number of aromatic carboxylic acids is 1. The van der Waals surface area contributed by atoms with Gasteiger partial charge in [-0.05, 0) is 48.9 Å². The Labute approximate surface area is 163 Å². The first-order valence-electron chi connectivity index (χ1n) is 8.97. The van der Waals surface area contributed by atoms with Gasteiger partial charge in [0.05, 0.1) is 12.2 Å². The molecule has 142 valence electrons. The number of carboxylic acid groups (broad SMARTS) is 1. The Balaban J connectivity index is 1.73. The summed E-state index contributed by atoms with van der Waals surface area (Å²) in [6.07, 6.45) is 1.75. The number of carbonyl (C=O) groups is 1. The van der Waals surface area contributed by atoms with E-state index in [1.807, 2.05) is 55.5 Å². The van der Waals surface area contributed by atoms with Crippen molar-refractivity contribution < 1.29 is 19.4 Å². The van der Waals surface area contributed by atoms with Gasteiger partial charge in [0, 0.05) is 11.8 Å². The molecule has 0 aliphatic carbocycles. The Bertz CT molecular complexity index is 964. The Morgan fingerprint density at radius 3 is 2.32 bits per heavy atom. The van der Waals surface area contributed by atoms with Crippen LogP contribution in [0.2, 0.25) is 0 Å². The van der Waals surface area contributed by atoms with Gasteiger partial charge in [0.15, 0.2) is 0 Å². The Kier molecular flexibility index (Phi) is 6.41. The quantitative estimate of drug-likeness (QED) is 0.555. The summed E-state index contributed by atoms with van der Waals surface area (Å²) in [5.41, 5.74) is 2.74. The number of ether oxygens (including phenoxy) is 2. The lowest BCUT2D eigenvalue weighted by Gasteiger charge is -2.10. The maximum absolute atomic E-state index is 10.9. The van der Waals surface area contributed by atoms with Crippen LogP contribution < -0.4 is 9.47 Å². The van der Waals surface area contributed by atoms with Crippen LogP contribution in [0.4, 0.5) is 5.69 Å². The zero-order chi connectivity index (χ0) is 19.8. The van der Waals surface area contributed by atoms with E-state index in [0.717, 1.165) is 22.6 Å². The molecule has 0 aliphatic heterocycles. The number of carboxylic acids is 1. The number of aliphatic imine (C=N–C) groups is 1. The third kappa shape index (κ3) is 4.98. The van der Waals surface area contributed by atoms with E-state index in [0.29, 0.717) is 19.0 Å². The SMILES string of the molecule is CCOc1ccccc1N=Cc1ccccc1OCc1ccc(C(=O)O)cc1. The molecule has 0 saturated heterocycles. The standard InChI is InChI=1S/C23H21NO4/c1-2-27-22-10-6-4-8-20(22)24-15-19-7-3-5-9-21(19)28-16-17-11-13-18(14-12-17)23(25)26/h3-15H,2,16H2,1H3,(H,25,26). The summed E-state index contributed by atoms with van der Waals surface area (Å²) >= 11 is 0. The molecule has 5 nitrogen and oxygen atoms in total. The van der Waals surface area contributed by atoms with E-state index in [4.69, 9.17) is 14.6 Å². The molecular weight excluding hydrogens is 354 g/mol. The van der Waals surface area contributed by atoms with Crippen LogP contribution in [0.1, 0.15) is 28.4 Å². The van der Waals surface area contributed by atoms with Gasteiger partial charge in [-0.2, -0.15) is 0 Å². The summed E-state index contributed by atoms with van der Waals surface area (Å²) in [5.74, 6) is 0.488. The lowest BCUT2D eigenvalue weighted by molar-refractivity contribution is 0.0697. The van der Waals surface area contributed by atoms with Gasteiger partial charge in [-0.15, -0.1) is 0 Å². The first kappa shape index (κ1) is 19.2. The molecule has 1 N–H and O–H groups in total. The number of benzene rings is 3. The fourth-order valence-corrected chi connectivity index (χ4v) is 2.60. The highest BCUT2D eigenvalue weighted by atomic mass is 16.5. The van der Waals surface area contributed by atoms with Gasteiger partial charge < -0.3 is 14.6 Å². The third-order valence-electron chi connectivity index (χ3n) is 4.02. The van der Waals surface area contributed by atoms with Gasteiger partial charge in [0.1, 0.15) is 23.8 Å². The molecule has 0 atom stereocenters. The van der Waals surface area contributed by atoms with Gasteiger partial charge in [-0.1, -0.05) is 36.4 Å². The van der Waals surface area contributed by atoms with Crippen molar-refractivity contribution in [2.24, 2.45) is 4.99 Å². The molecule has 28 heavy (non-hydrogen) atoms. The molecule has 5 heteroatoms. The van der Waals surface area contributed by atoms with Crippen LogP contribution >= 0.6 is 0 Å². The minimum Gasteiger partial charge on any atom is -0.492 e. The van der Waals surface area contributed by atoms with Crippen molar-refractivity contribution in [3.8, 4) is 11.5 Å². The van der Waals surface area contributed by atoms with Crippen LogP contribution in [0, 0.1) is 0 Å². The summed E-state index contributed by atoms with van der Waals surface area (Å²) in [4.78, 5) is 15.5. The van der Waals surface area contributed by atoms with Crippen LogP contribution in [0.5, 0.6) is 11.5 Å². The average molecular weight is 375 g/mol. The third-order valence-corrected chi connectivity index (χ3v) is 4.02. The zero-order valence-electron chi connectivity index (χ0n) is 15.5. The van der Waals surface area contributed by atoms with E-state index in [1.165, 1.54) is 0 Å². The van der Waals surface area contributed by atoms with Gasteiger partial charge >= 0.3 is 5.97 Å². The second-order valence-electron chi connectivity index (χ2n) is 5.99. The number of para-hydroxylation sites is 3. The molecule has 0 fully saturated rings. The maximum atomic E-state index is 10.9. The van der Waals surface area contributed by atoms with Crippen LogP contribution in [0.15, 0.2) is 77.8 Å². The molecule has 0 aromatic heterocycles. The van der Waals surface area contributed by atoms with Gasteiger partial charge in [-0.3, -0.25) is 4.99 Å². The molecule has 3 aromatic rings. The molecule has 3 aromatic carbocycles. The van der Waals surface area contributed by atoms with Crippen LogP contribution in [-0.2, 0) is 6.61 Å². The number of hydrogen-bond donors (Lipinski definition) is 1. The molecule has 3 rings (SSSR count). The van der Waals surface area contributed by atoms with E-state index < -0.39 is 5.97 Å². The van der Waals surface area contributed by atoms with Crippen LogP contribution in [-0.4, -0.2) is 23.9 Å². The van der Waals surface area contributed by atoms with E-state index in [1.54, 1.807) is 30.5 Å². The average Bonchev–Trinajstić information content (AvgIpc) is 2.73. The first-order chi connectivity index (χ1) is 13.7. The van der Waals surface area contributed by atoms with Gasteiger partial charge in [-0.25, -0.2) is 4.79 Å². The lowest BCUT2D eigenvalue weighted by Crippen LogP contribution is -2.00. The van der Waals surface area contributed by atoms with Crippen molar-refractivity contribution >= 4 is 17.9 Å². The molecule has 0 amide bonds. The molecule has 0 radical (unpaired) electrons. The van der Waals surface area contributed by atoms with E-state index in [-0.39, 0.29) is 5.56 Å². The van der Waals surface area contributed by atoms with Crippen molar-refractivity contribution in [2.75, 3.05) is 6.61 Å². The summed E-state index contributed by atoms with van der Waals surface area (Å²) in [5, 5.41) is 8.97. The maximum Gasteiger partial charge on any atom is 0.335 e. The number of hydrogen-bond acceptors (Lipinski definition) is 4. The predicted octanol–water partition coefficient (Wildman–Crippen LogP) is 5.11. The molecule has 0 heterocycles. The molecule has 0 saturated carbocycles. The summed E-state index contributed by atoms with van der Waals surface area (Å²) < 4.78 is 11.5. The normalized spacial score (nSPS) is 10.8. The summed E-state index contributed by atoms with van der Waals surface area (Å²) in [6.45, 7) is 2.85. The van der Waals surface area contributed by atoms with E-state index in [9.17, 15) is 4.79 Å². The molecule has 0 unspecified atom stereocenters. The largest absolute Gasteiger partial charge is 0.492 e. The molecule has 0 spiro atoms. The topological polar surface area (TPSA) is 68.1 Å². The monoisotopic (exact) mass is 375 g/mol. The minimum absolute atomic E-state index is 0.254. The van der Waals surface area contributed by atoms with Gasteiger partial charge in [0.25, 0.3) is 0 Å². The Morgan fingerprint density at radius 1 is 0.929 bits per heavy atom. The first-order valence-corrected chi connectivity index (χ1v) is 8.97. The summed E-state index contributed by atoms with van der Waals surface area (Å²) in [6, 6.07) is 21.9. The Hall–Kier alpha value is -3.60. The van der Waals surface area contributed by atoms with Crippen molar-refractivity contribution in [1.29, 1.82) is 0 Å². The van der Waals surface area contributed by atoms with Crippen molar-refractivity contribution in [2.45, 2.75) is 13.5 Å². The fourth-order valence-electron chi connectivity index (χ4n) is 2.60. The van der Waals surface area contributed by atoms with Crippen molar-refractivity contribution in [3.63, 3.8) is 0 Å². The van der Waals surface area contributed by atoms with E-state index >= 15 is 0 Å². The Morgan fingerprint density at radius 2 is 1.61 bits per heavy atom. The van der Waals surface area contributed by atoms with Gasteiger partial charge in [0.2, 0.25) is 0 Å².